The molecule has 0 spiro atoms. The molecule has 0 aromatic heterocycles. The maximum Gasteiger partial charge on any atom is 0.297 e. The van der Waals surface area contributed by atoms with E-state index < -0.39 is 10.1 Å². The Bertz CT molecular complexity index is 704. The fourth-order valence-electron chi connectivity index (χ4n) is 1.73. The number of benzene rings is 2. The van der Waals surface area contributed by atoms with Crippen molar-refractivity contribution in [3.8, 4) is 0 Å². The zero-order valence-electron chi connectivity index (χ0n) is 12.3. The van der Waals surface area contributed by atoms with Gasteiger partial charge in [-0.3, -0.25) is 4.18 Å². The van der Waals surface area contributed by atoms with E-state index in [4.69, 9.17) is 8.92 Å². The molecular weight excluding hydrogens is 300 g/mol. The SMILES string of the molecule is Cc1ccc(S(=O)(=O)OCC=COCc2ccccc2)cc1. The third kappa shape index (κ3) is 5.02. The van der Waals surface area contributed by atoms with Gasteiger partial charge in [0.05, 0.1) is 17.8 Å². The molecule has 0 heterocycles. The van der Waals surface area contributed by atoms with Gasteiger partial charge in [-0.05, 0) is 30.7 Å². The molecule has 2 aromatic carbocycles. The van der Waals surface area contributed by atoms with Crippen molar-refractivity contribution >= 4 is 10.1 Å². The van der Waals surface area contributed by atoms with E-state index in [0.717, 1.165) is 11.1 Å². The van der Waals surface area contributed by atoms with Crippen LogP contribution in [0, 0.1) is 6.92 Å². The Balaban J connectivity index is 1.78. The lowest BCUT2D eigenvalue weighted by Gasteiger charge is -2.04. The van der Waals surface area contributed by atoms with E-state index in [2.05, 4.69) is 0 Å². The van der Waals surface area contributed by atoms with Gasteiger partial charge in [-0.15, -0.1) is 0 Å². The molecule has 0 N–H and O–H groups in total. The van der Waals surface area contributed by atoms with Gasteiger partial charge in [0.15, 0.2) is 0 Å². The second-order valence-electron chi connectivity index (χ2n) is 4.72. The third-order valence-electron chi connectivity index (χ3n) is 2.91. The van der Waals surface area contributed by atoms with Crippen molar-refractivity contribution in [1.29, 1.82) is 0 Å². The smallest absolute Gasteiger partial charge is 0.297 e. The minimum atomic E-state index is -3.72. The highest BCUT2D eigenvalue weighted by Crippen LogP contribution is 2.13. The summed E-state index contributed by atoms with van der Waals surface area (Å²) in [6, 6.07) is 16.2. The number of hydrogen-bond donors (Lipinski definition) is 0. The summed E-state index contributed by atoms with van der Waals surface area (Å²) in [4.78, 5) is 0.150. The zero-order valence-corrected chi connectivity index (χ0v) is 13.1. The van der Waals surface area contributed by atoms with Gasteiger partial charge < -0.3 is 4.74 Å². The molecule has 0 bridgehead atoms. The highest BCUT2D eigenvalue weighted by atomic mass is 32.2. The van der Waals surface area contributed by atoms with Gasteiger partial charge in [0, 0.05) is 0 Å². The molecule has 116 valence electrons. The monoisotopic (exact) mass is 318 g/mol. The first-order valence-corrected chi connectivity index (χ1v) is 8.25. The first kappa shape index (κ1) is 16.3. The first-order valence-electron chi connectivity index (χ1n) is 6.84. The lowest BCUT2D eigenvalue weighted by atomic mass is 10.2. The van der Waals surface area contributed by atoms with E-state index >= 15 is 0 Å². The lowest BCUT2D eigenvalue weighted by Crippen LogP contribution is -2.06. The average molecular weight is 318 g/mol. The number of hydrogen-bond acceptors (Lipinski definition) is 4. The summed E-state index contributed by atoms with van der Waals surface area (Å²) in [7, 11) is -3.72. The van der Waals surface area contributed by atoms with Crippen LogP contribution in [0.15, 0.2) is 71.8 Å². The molecule has 0 unspecified atom stereocenters. The van der Waals surface area contributed by atoms with Crippen molar-refractivity contribution in [2.45, 2.75) is 18.4 Å². The molecule has 0 aliphatic rings. The Hall–Kier alpha value is -2.11. The molecule has 0 saturated carbocycles. The standard InChI is InChI=1S/C17H18O4S/c1-15-8-10-17(11-9-15)22(18,19)21-13-5-12-20-14-16-6-3-2-4-7-16/h2-12H,13-14H2,1H3. The third-order valence-corrected chi connectivity index (χ3v) is 4.21. The predicted molar refractivity (Wildman–Crippen MR) is 84.7 cm³/mol. The molecule has 0 atom stereocenters. The van der Waals surface area contributed by atoms with Gasteiger partial charge in [0.25, 0.3) is 10.1 Å². The summed E-state index contributed by atoms with van der Waals surface area (Å²) in [6.45, 7) is 2.26. The van der Waals surface area contributed by atoms with Crippen LogP contribution in [0.5, 0.6) is 0 Å². The Morgan fingerprint density at radius 1 is 1.00 bits per heavy atom. The molecule has 0 saturated heterocycles. The molecule has 2 aromatic rings. The van der Waals surface area contributed by atoms with E-state index in [1.54, 1.807) is 12.1 Å². The normalized spacial score (nSPS) is 11.7. The second-order valence-corrected chi connectivity index (χ2v) is 6.34. The van der Waals surface area contributed by atoms with Crippen molar-refractivity contribution in [3.63, 3.8) is 0 Å². The first-order chi connectivity index (χ1) is 10.6. The maximum atomic E-state index is 11.9. The molecule has 0 aliphatic heterocycles. The molecule has 22 heavy (non-hydrogen) atoms. The van der Waals surface area contributed by atoms with Gasteiger partial charge in [0.1, 0.15) is 6.61 Å². The number of rotatable bonds is 7. The van der Waals surface area contributed by atoms with Crippen LogP contribution in [-0.2, 0) is 25.6 Å². The van der Waals surface area contributed by atoms with E-state index in [1.807, 2.05) is 37.3 Å². The van der Waals surface area contributed by atoms with Crippen molar-refractivity contribution in [1.82, 2.24) is 0 Å². The Labute approximate surface area is 131 Å². The molecule has 4 nitrogen and oxygen atoms in total. The molecule has 5 heteroatoms. The van der Waals surface area contributed by atoms with Gasteiger partial charge in [-0.25, -0.2) is 0 Å². The van der Waals surface area contributed by atoms with Crippen molar-refractivity contribution < 1.29 is 17.3 Å². The predicted octanol–water partition coefficient (Wildman–Crippen LogP) is 3.43. The van der Waals surface area contributed by atoms with E-state index in [1.165, 1.54) is 24.5 Å². The van der Waals surface area contributed by atoms with Crippen LogP contribution in [0.2, 0.25) is 0 Å². The number of aryl methyl sites for hydroxylation is 1. The van der Waals surface area contributed by atoms with Crippen molar-refractivity contribution in [2.75, 3.05) is 6.61 Å². The van der Waals surface area contributed by atoms with Crippen LogP contribution in [0.4, 0.5) is 0 Å². The Morgan fingerprint density at radius 3 is 2.36 bits per heavy atom. The highest BCUT2D eigenvalue weighted by molar-refractivity contribution is 7.86. The molecule has 0 fully saturated rings. The molecule has 0 aliphatic carbocycles. The second kappa shape index (κ2) is 7.77. The van der Waals surface area contributed by atoms with E-state index in [9.17, 15) is 8.42 Å². The van der Waals surface area contributed by atoms with Crippen LogP contribution in [-0.4, -0.2) is 15.0 Å². The topological polar surface area (TPSA) is 52.6 Å². The fourth-order valence-corrected chi connectivity index (χ4v) is 2.59. The van der Waals surface area contributed by atoms with Gasteiger partial charge in [-0.2, -0.15) is 8.42 Å². The van der Waals surface area contributed by atoms with Crippen LogP contribution >= 0.6 is 0 Å². The summed E-state index contributed by atoms with van der Waals surface area (Å²) < 4.78 is 34.0. The summed E-state index contributed by atoms with van der Waals surface area (Å²) >= 11 is 0. The van der Waals surface area contributed by atoms with Gasteiger partial charge >= 0.3 is 0 Å². The molecule has 0 amide bonds. The summed E-state index contributed by atoms with van der Waals surface area (Å²) in [5, 5.41) is 0. The summed E-state index contributed by atoms with van der Waals surface area (Å²) in [5.74, 6) is 0. The quantitative estimate of drug-likeness (QED) is 0.580. The minimum absolute atomic E-state index is 0.0645. The van der Waals surface area contributed by atoms with Crippen molar-refractivity contribution in [3.05, 3.63) is 78.1 Å². The maximum absolute atomic E-state index is 11.9. The van der Waals surface area contributed by atoms with Crippen molar-refractivity contribution in [2.24, 2.45) is 0 Å². The minimum Gasteiger partial charge on any atom is -0.497 e. The lowest BCUT2D eigenvalue weighted by molar-refractivity contribution is 0.232. The largest absolute Gasteiger partial charge is 0.497 e. The fraction of sp³-hybridized carbons (Fsp3) is 0.176. The molecular formula is C17H18O4S. The molecule has 0 radical (unpaired) electrons. The van der Waals surface area contributed by atoms with Crippen LogP contribution in [0.25, 0.3) is 0 Å². The van der Waals surface area contributed by atoms with E-state index in [-0.39, 0.29) is 11.5 Å². The summed E-state index contributed by atoms with van der Waals surface area (Å²) in [6.07, 6.45) is 2.96. The van der Waals surface area contributed by atoms with Crippen LogP contribution in [0.3, 0.4) is 0 Å². The van der Waals surface area contributed by atoms with E-state index in [0.29, 0.717) is 6.61 Å². The average Bonchev–Trinajstić information content (AvgIpc) is 2.52. The summed E-state index contributed by atoms with van der Waals surface area (Å²) in [5.41, 5.74) is 2.04. The highest BCUT2D eigenvalue weighted by Gasteiger charge is 2.13. The Kier molecular flexibility index (Phi) is 5.75. The van der Waals surface area contributed by atoms with Crippen LogP contribution in [0.1, 0.15) is 11.1 Å². The zero-order chi connectivity index (χ0) is 15.8. The van der Waals surface area contributed by atoms with Crippen LogP contribution < -0.4 is 0 Å². The van der Waals surface area contributed by atoms with Gasteiger partial charge in [-0.1, -0.05) is 48.0 Å². The number of ether oxygens (including phenoxy) is 1. The Morgan fingerprint density at radius 2 is 1.68 bits per heavy atom. The molecule has 2 rings (SSSR count). The van der Waals surface area contributed by atoms with Gasteiger partial charge in [0.2, 0.25) is 0 Å².